The smallest absolute Gasteiger partial charge is 0.307 e. The van der Waals surface area contributed by atoms with Crippen LogP contribution in [0.4, 0.5) is 0 Å². The first-order valence-corrected chi connectivity index (χ1v) is 6.89. The number of carbonyl (C=O) groups excluding carboxylic acids is 1. The molecule has 0 bridgehead atoms. The summed E-state index contributed by atoms with van der Waals surface area (Å²) in [6.45, 7) is 10.8. The molecule has 0 aromatic carbocycles. The zero-order valence-electron chi connectivity index (χ0n) is 12.9. The highest BCUT2D eigenvalue weighted by molar-refractivity contribution is 14.0. The lowest BCUT2D eigenvalue weighted by molar-refractivity contribution is -0.147. The van der Waals surface area contributed by atoms with Crippen LogP contribution in [0.25, 0.3) is 0 Å². The molecule has 0 radical (unpaired) electrons. The zero-order chi connectivity index (χ0) is 14.5. The minimum absolute atomic E-state index is 0. The van der Waals surface area contributed by atoms with Crippen LogP contribution in [-0.2, 0) is 14.3 Å². The third kappa shape index (κ3) is 13.9. The number of hydrogen-bond acceptors (Lipinski definition) is 4. The summed E-state index contributed by atoms with van der Waals surface area (Å²) in [5, 5.41) is 6.19. The van der Waals surface area contributed by atoms with Crippen molar-refractivity contribution in [1.29, 1.82) is 0 Å². The highest BCUT2D eigenvalue weighted by atomic mass is 127. The molecule has 0 aliphatic rings. The number of hydrogen-bond donors (Lipinski definition) is 2. The van der Waals surface area contributed by atoms with Gasteiger partial charge in [-0.05, 0) is 27.7 Å². The molecule has 120 valence electrons. The molecule has 0 aromatic rings. The number of nitrogens with zero attached hydrogens (tertiary/aromatic N) is 1. The van der Waals surface area contributed by atoms with Crippen LogP contribution in [-0.4, -0.2) is 50.9 Å². The predicted molar refractivity (Wildman–Crippen MR) is 91.7 cm³/mol. The van der Waals surface area contributed by atoms with Crippen LogP contribution in [0, 0.1) is 0 Å². The fourth-order valence-electron chi connectivity index (χ4n) is 1.31. The van der Waals surface area contributed by atoms with Gasteiger partial charge in [0.1, 0.15) is 0 Å². The van der Waals surface area contributed by atoms with E-state index in [2.05, 4.69) is 15.6 Å². The van der Waals surface area contributed by atoms with Crippen molar-refractivity contribution in [3.63, 3.8) is 0 Å². The molecule has 0 saturated carbocycles. The fourth-order valence-corrected chi connectivity index (χ4v) is 1.31. The van der Waals surface area contributed by atoms with Gasteiger partial charge >= 0.3 is 5.97 Å². The van der Waals surface area contributed by atoms with Gasteiger partial charge in [-0.3, -0.25) is 9.79 Å². The van der Waals surface area contributed by atoms with Crippen molar-refractivity contribution in [2.45, 2.75) is 40.2 Å². The van der Waals surface area contributed by atoms with Gasteiger partial charge in [-0.15, -0.1) is 24.0 Å². The van der Waals surface area contributed by atoms with Crippen molar-refractivity contribution in [3.8, 4) is 0 Å². The van der Waals surface area contributed by atoms with Crippen molar-refractivity contribution in [3.05, 3.63) is 0 Å². The normalized spacial score (nSPS) is 10.9. The summed E-state index contributed by atoms with van der Waals surface area (Å²) < 4.78 is 10.3. The van der Waals surface area contributed by atoms with Gasteiger partial charge < -0.3 is 20.1 Å². The molecular weight excluding hydrogens is 373 g/mol. The largest absolute Gasteiger partial charge is 0.463 e. The maximum atomic E-state index is 11.3. The molecule has 0 rings (SSSR count). The van der Waals surface area contributed by atoms with Gasteiger partial charge in [-0.25, -0.2) is 0 Å². The molecule has 0 atom stereocenters. The molecular formula is C13H28IN3O3. The highest BCUT2D eigenvalue weighted by Crippen LogP contribution is 1.92. The van der Waals surface area contributed by atoms with Gasteiger partial charge in [0, 0.05) is 19.7 Å². The molecule has 0 aliphatic carbocycles. The number of carbonyl (C=O) groups is 1. The van der Waals surface area contributed by atoms with Gasteiger partial charge in [-0.1, -0.05) is 0 Å². The maximum Gasteiger partial charge on any atom is 0.307 e. The molecule has 0 aliphatic heterocycles. The second-order valence-electron chi connectivity index (χ2n) is 4.17. The first kappa shape index (κ1) is 21.7. The molecule has 7 heteroatoms. The Bertz CT molecular complexity index is 274. The van der Waals surface area contributed by atoms with Gasteiger partial charge in [0.2, 0.25) is 0 Å². The standard InChI is InChI=1S/C13H27N3O3.HI/c1-5-14-13(16-9-10-18-6-2)15-8-7-12(17)19-11(3)4;/h11H,5-10H2,1-4H3,(H2,14,15,16);1H. The van der Waals surface area contributed by atoms with Crippen molar-refractivity contribution in [2.75, 3.05) is 32.8 Å². The lowest BCUT2D eigenvalue weighted by atomic mass is 10.4. The van der Waals surface area contributed by atoms with E-state index in [9.17, 15) is 4.79 Å². The summed E-state index contributed by atoms with van der Waals surface area (Å²) in [5.41, 5.74) is 0. The average Bonchev–Trinajstić information content (AvgIpc) is 2.33. The molecule has 6 nitrogen and oxygen atoms in total. The van der Waals surface area contributed by atoms with E-state index in [0.717, 1.165) is 6.54 Å². The molecule has 0 unspecified atom stereocenters. The van der Waals surface area contributed by atoms with E-state index >= 15 is 0 Å². The van der Waals surface area contributed by atoms with Crippen LogP contribution in [0.3, 0.4) is 0 Å². The molecule has 2 N–H and O–H groups in total. The third-order valence-electron chi connectivity index (χ3n) is 2.04. The van der Waals surface area contributed by atoms with Crippen LogP contribution in [0.2, 0.25) is 0 Å². The summed E-state index contributed by atoms with van der Waals surface area (Å²) in [4.78, 5) is 15.7. The van der Waals surface area contributed by atoms with Crippen LogP contribution >= 0.6 is 24.0 Å². The molecule has 0 aromatic heterocycles. The van der Waals surface area contributed by atoms with E-state index in [4.69, 9.17) is 9.47 Å². The molecule has 0 saturated heterocycles. The number of rotatable bonds is 9. The molecule has 20 heavy (non-hydrogen) atoms. The van der Waals surface area contributed by atoms with E-state index in [1.807, 2.05) is 27.7 Å². The minimum atomic E-state index is -0.201. The zero-order valence-corrected chi connectivity index (χ0v) is 15.2. The Labute approximate surface area is 139 Å². The Balaban J connectivity index is 0. The molecule has 0 fully saturated rings. The van der Waals surface area contributed by atoms with Crippen molar-refractivity contribution in [1.82, 2.24) is 10.6 Å². The Morgan fingerprint density at radius 2 is 1.95 bits per heavy atom. The lowest BCUT2D eigenvalue weighted by Gasteiger charge is -2.12. The predicted octanol–water partition coefficient (Wildman–Crippen LogP) is 1.54. The van der Waals surface area contributed by atoms with Crippen molar-refractivity contribution >= 4 is 35.9 Å². The van der Waals surface area contributed by atoms with Gasteiger partial charge in [0.05, 0.1) is 25.7 Å². The first-order valence-electron chi connectivity index (χ1n) is 6.89. The van der Waals surface area contributed by atoms with Crippen molar-refractivity contribution < 1.29 is 14.3 Å². The van der Waals surface area contributed by atoms with Crippen molar-refractivity contribution in [2.24, 2.45) is 4.99 Å². The monoisotopic (exact) mass is 401 g/mol. The Kier molecular flexibility index (Phi) is 16.1. The van der Waals surface area contributed by atoms with Crippen LogP contribution in [0.15, 0.2) is 4.99 Å². The van der Waals surface area contributed by atoms with E-state index < -0.39 is 0 Å². The number of guanidine groups is 1. The Morgan fingerprint density at radius 1 is 1.25 bits per heavy atom. The Morgan fingerprint density at radius 3 is 2.50 bits per heavy atom. The van der Waals surface area contributed by atoms with Crippen LogP contribution < -0.4 is 10.6 Å². The van der Waals surface area contributed by atoms with E-state index in [1.54, 1.807) is 0 Å². The number of aliphatic imine (C=N–C) groups is 1. The highest BCUT2D eigenvalue weighted by Gasteiger charge is 2.05. The number of halogens is 1. The number of esters is 1. The topological polar surface area (TPSA) is 72.0 Å². The maximum absolute atomic E-state index is 11.3. The first-order chi connectivity index (χ1) is 9.10. The van der Waals surface area contributed by atoms with E-state index in [-0.39, 0.29) is 36.0 Å². The average molecular weight is 401 g/mol. The minimum Gasteiger partial charge on any atom is -0.463 e. The summed E-state index contributed by atoms with van der Waals surface area (Å²) >= 11 is 0. The summed E-state index contributed by atoms with van der Waals surface area (Å²) in [5.74, 6) is 0.493. The molecule has 0 heterocycles. The summed E-state index contributed by atoms with van der Waals surface area (Å²) in [6.07, 6.45) is 0.259. The SMILES string of the molecule is CCNC(=NCCOCC)NCCC(=O)OC(C)C.I. The van der Waals surface area contributed by atoms with E-state index in [0.29, 0.717) is 38.7 Å². The third-order valence-corrected chi connectivity index (χ3v) is 2.04. The summed E-state index contributed by atoms with van der Waals surface area (Å²) in [7, 11) is 0. The number of ether oxygens (including phenoxy) is 2. The lowest BCUT2D eigenvalue weighted by Crippen LogP contribution is -2.38. The second kappa shape index (κ2) is 14.8. The fraction of sp³-hybridized carbons (Fsp3) is 0.846. The number of nitrogens with one attached hydrogen (secondary N) is 2. The second-order valence-corrected chi connectivity index (χ2v) is 4.17. The Hall–Kier alpha value is -0.570. The van der Waals surface area contributed by atoms with Gasteiger partial charge in [0.25, 0.3) is 0 Å². The molecule has 0 spiro atoms. The van der Waals surface area contributed by atoms with Crippen LogP contribution in [0.5, 0.6) is 0 Å². The van der Waals surface area contributed by atoms with E-state index in [1.165, 1.54) is 0 Å². The summed E-state index contributed by atoms with van der Waals surface area (Å²) in [6, 6.07) is 0. The van der Waals surface area contributed by atoms with Gasteiger partial charge in [0.15, 0.2) is 5.96 Å². The van der Waals surface area contributed by atoms with Gasteiger partial charge in [-0.2, -0.15) is 0 Å². The quantitative estimate of drug-likeness (QED) is 0.202. The van der Waals surface area contributed by atoms with Crippen LogP contribution in [0.1, 0.15) is 34.1 Å². The molecule has 0 amide bonds.